The third-order valence-corrected chi connectivity index (χ3v) is 3.66. The number of hydrogen-bond donors (Lipinski definition) is 1. The van der Waals surface area contributed by atoms with Crippen LogP contribution in [-0.4, -0.2) is 5.78 Å². The molecule has 2 nitrogen and oxygen atoms in total. The van der Waals surface area contributed by atoms with Gasteiger partial charge in [0.1, 0.15) is 0 Å². The van der Waals surface area contributed by atoms with Crippen LogP contribution < -0.4 is 5.32 Å². The van der Waals surface area contributed by atoms with Gasteiger partial charge in [-0.3, -0.25) is 4.79 Å². The summed E-state index contributed by atoms with van der Waals surface area (Å²) in [5.74, 6) is 0.468. The van der Waals surface area contributed by atoms with E-state index in [1.165, 1.54) is 5.56 Å². The molecule has 2 aromatic rings. The zero-order valence-electron chi connectivity index (χ0n) is 12.1. The Labute approximate surface area is 134 Å². The Bertz CT molecular complexity index is 645. The van der Waals surface area contributed by atoms with Gasteiger partial charge in [-0.1, -0.05) is 60.1 Å². The second kappa shape index (κ2) is 7.23. The van der Waals surface area contributed by atoms with Crippen LogP contribution in [0, 0.1) is 0 Å². The van der Waals surface area contributed by atoms with E-state index in [2.05, 4.69) is 35.1 Å². The molecule has 0 aliphatic heterocycles. The lowest BCUT2D eigenvalue weighted by molar-refractivity contribution is 0.104. The fourth-order valence-electron chi connectivity index (χ4n) is 1.92. The van der Waals surface area contributed by atoms with Crippen LogP contribution in [0.15, 0.2) is 65.3 Å². The predicted octanol–water partition coefficient (Wildman–Crippen LogP) is 5.38. The summed E-state index contributed by atoms with van der Waals surface area (Å²) in [7, 11) is 0. The van der Waals surface area contributed by atoms with Crippen molar-refractivity contribution >= 4 is 27.4 Å². The smallest absolute Gasteiger partial charge is 0.187 e. The molecule has 0 amide bonds. The minimum atomic E-state index is -0.00666. The van der Waals surface area contributed by atoms with Gasteiger partial charge in [0.2, 0.25) is 0 Å². The molecule has 0 spiro atoms. The number of carbonyl (C=O) groups is 1. The minimum absolute atomic E-state index is 0.00666. The van der Waals surface area contributed by atoms with E-state index in [1.807, 2.05) is 48.5 Å². The Balaban J connectivity index is 1.99. The first-order valence-corrected chi connectivity index (χ1v) is 7.68. The van der Waals surface area contributed by atoms with Crippen molar-refractivity contribution in [2.75, 3.05) is 5.32 Å². The van der Waals surface area contributed by atoms with E-state index >= 15 is 0 Å². The zero-order chi connectivity index (χ0) is 15.2. The van der Waals surface area contributed by atoms with Gasteiger partial charge in [-0.25, -0.2) is 0 Å². The molecule has 108 valence electrons. The van der Waals surface area contributed by atoms with Crippen LogP contribution in [-0.2, 0) is 0 Å². The quantitative estimate of drug-likeness (QED) is 0.583. The Hall–Kier alpha value is -1.87. The molecule has 0 saturated heterocycles. The lowest BCUT2D eigenvalue weighted by Crippen LogP contribution is -1.97. The minimum Gasteiger partial charge on any atom is -0.362 e. The van der Waals surface area contributed by atoms with Crippen molar-refractivity contribution in [3.05, 3.63) is 76.4 Å². The second-order valence-electron chi connectivity index (χ2n) is 5.13. The molecule has 0 aliphatic rings. The molecule has 3 heteroatoms. The standard InChI is InChI=1S/C18H18BrNO/c1-13(2)14-6-8-15(9-7-14)18(21)10-11-20-17-5-3-4-16(19)12-17/h3-13,20H,1-2H3/b11-10+. The third kappa shape index (κ3) is 4.57. The average molecular weight is 344 g/mol. The summed E-state index contributed by atoms with van der Waals surface area (Å²) in [6, 6.07) is 15.6. The van der Waals surface area contributed by atoms with Crippen LogP contribution >= 0.6 is 15.9 Å². The number of allylic oxidation sites excluding steroid dienone is 1. The highest BCUT2D eigenvalue weighted by atomic mass is 79.9. The first kappa shape index (κ1) is 15.5. The number of nitrogens with one attached hydrogen (secondary N) is 1. The van der Waals surface area contributed by atoms with E-state index in [1.54, 1.807) is 12.3 Å². The van der Waals surface area contributed by atoms with Crippen molar-refractivity contribution in [3.8, 4) is 0 Å². The molecule has 0 aromatic heterocycles. The number of halogens is 1. The molecule has 0 saturated carbocycles. The molecule has 0 atom stereocenters. The number of hydrogen-bond acceptors (Lipinski definition) is 2. The molecular weight excluding hydrogens is 326 g/mol. The molecular formula is C18H18BrNO. The van der Waals surface area contributed by atoms with Gasteiger partial charge in [-0.2, -0.15) is 0 Å². The lowest BCUT2D eigenvalue weighted by atomic mass is 10.0. The fraction of sp³-hybridized carbons (Fsp3) is 0.167. The van der Waals surface area contributed by atoms with E-state index in [-0.39, 0.29) is 5.78 Å². The maximum atomic E-state index is 12.0. The molecule has 0 heterocycles. The van der Waals surface area contributed by atoms with Crippen molar-refractivity contribution in [1.29, 1.82) is 0 Å². The normalized spacial score (nSPS) is 11.0. The number of ketones is 1. The molecule has 0 aliphatic carbocycles. The van der Waals surface area contributed by atoms with Gasteiger partial charge in [0.15, 0.2) is 5.78 Å². The molecule has 0 fully saturated rings. The average Bonchev–Trinajstić information content (AvgIpc) is 2.47. The highest BCUT2D eigenvalue weighted by Crippen LogP contribution is 2.16. The maximum Gasteiger partial charge on any atom is 0.187 e. The molecule has 0 unspecified atom stereocenters. The highest BCUT2D eigenvalue weighted by Gasteiger charge is 2.03. The largest absolute Gasteiger partial charge is 0.362 e. The van der Waals surface area contributed by atoms with Gasteiger partial charge in [0, 0.05) is 28.0 Å². The summed E-state index contributed by atoms with van der Waals surface area (Å²) in [4.78, 5) is 12.0. The van der Waals surface area contributed by atoms with Gasteiger partial charge < -0.3 is 5.32 Å². The topological polar surface area (TPSA) is 29.1 Å². The summed E-state index contributed by atoms with van der Waals surface area (Å²) in [5.41, 5.74) is 2.87. The summed E-state index contributed by atoms with van der Waals surface area (Å²) < 4.78 is 0.997. The Kier molecular flexibility index (Phi) is 5.34. The lowest BCUT2D eigenvalue weighted by Gasteiger charge is -2.05. The summed E-state index contributed by atoms with van der Waals surface area (Å²) in [6.07, 6.45) is 3.21. The van der Waals surface area contributed by atoms with Crippen LogP contribution in [0.3, 0.4) is 0 Å². The maximum absolute atomic E-state index is 12.0. The van der Waals surface area contributed by atoms with Gasteiger partial charge in [0.25, 0.3) is 0 Å². The molecule has 0 radical (unpaired) electrons. The first-order chi connectivity index (χ1) is 10.1. The predicted molar refractivity (Wildman–Crippen MR) is 91.8 cm³/mol. The number of rotatable bonds is 5. The molecule has 2 aromatic carbocycles. The highest BCUT2D eigenvalue weighted by molar-refractivity contribution is 9.10. The van der Waals surface area contributed by atoms with Crippen molar-refractivity contribution in [2.24, 2.45) is 0 Å². The Morgan fingerprint density at radius 2 is 1.86 bits per heavy atom. The van der Waals surface area contributed by atoms with Crippen LogP contribution in [0.1, 0.15) is 35.7 Å². The monoisotopic (exact) mass is 343 g/mol. The van der Waals surface area contributed by atoms with E-state index in [9.17, 15) is 4.79 Å². The van der Waals surface area contributed by atoms with Crippen LogP contribution in [0.5, 0.6) is 0 Å². The van der Waals surface area contributed by atoms with Crippen LogP contribution in [0.2, 0.25) is 0 Å². The number of anilines is 1. The number of benzene rings is 2. The van der Waals surface area contributed by atoms with Crippen LogP contribution in [0.25, 0.3) is 0 Å². The fourth-order valence-corrected chi connectivity index (χ4v) is 2.32. The van der Waals surface area contributed by atoms with Gasteiger partial charge in [-0.15, -0.1) is 0 Å². The van der Waals surface area contributed by atoms with E-state index in [0.29, 0.717) is 11.5 Å². The van der Waals surface area contributed by atoms with E-state index < -0.39 is 0 Å². The van der Waals surface area contributed by atoms with Crippen molar-refractivity contribution in [3.63, 3.8) is 0 Å². The Morgan fingerprint density at radius 3 is 2.48 bits per heavy atom. The molecule has 0 bridgehead atoms. The molecule has 1 N–H and O–H groups in total. The molecule has 21 heavy (non-hydrogen) atoms. The molecule has 2 rings (SSSR count). The summed E-state index contributed by atoms with van der Waals surface area (Å²) >= 11 is 3.41. The van der Waals surface area contributed by atoms with Crippen molar-refractivity contribution < 1.29 is 4.79 Å². The number of carbonyl (C=O) groups excluding carboxylic acids is 1. The first-order valence-electron chi connectivity index (χ1n) is 6.89. The zero-order valence-corrected chi connectivity index (χ0v) is 13.7. The summed E-state index contributed by atoms with van der Waals surface area (Å²) in [5, 5.41) is 3.08. The summed E-state index contributed by atoms with van der Waals surface area (Å²) in [6.45, 7) is 4.28. The van der Waals surface area contributed by atoms with Crippen molar-refractivity contribution in [2.45, 2.75) is 19.8 Å². The van der Waals surface area contributed by atoms with Gasteiger partial charge in [-0.05, 0) is 29.7 Å². The van der Waals surface area contributed by atoms with Gasteiger partial charge >= 0.3 is 0 Å². The Morgan fingerprint density at radius 1 is 1.14 bits per heavy atom. The van der Waals surface area contributed by atoms with Gasteiger partial charge in [0.05, 0.1) is 0 Å². The van der Waals surface area contributed by atoms with Crippen molar-refractivity contribution in [1.82, 2.24) is 0 Å². The third-order valence-electron chi connectivity index (χ3n) is 3.17. The van der Waals surface area contributed by atoms with E-state index in [4.69, 9.17) is 0 Å². The second-order valence-corrected chi connectivity index (χ2v) is 6.04. The van der Waals surface area contributed by atoms with E-state index in [0.717, 1.165) is 10.2 Å². The SMILES string of the molecule is CC(C)c1ccc(C(=O)/C=C/Nc2cccc(Br)c2)cc1. The van der Waals surface area contributed by atoms with Crippen LogP contribution in [0.4, 0.5) is 5.69 Å².